The fourth-order valence-corrected chi connectivity index (χ4v) is 2.90. The van der Waals surface area contributed by atoms with Crippen molar-refractivity contribution >= 4 is 12.0 Å². The molecule has 0 aromatic carbocycles. The van der Waals surface area contributed by atoms with Gasteiger partial charge in [0.2, 0.25) is 0 Å². The number of carboxylic acid groups (broad SMARTS) is 1. The van der Waals surface area contributed by atoms with Crippen molar-refractivity contribution in [2.24, 2.45) is 0 Å². The van der Waals surface area contributed by atoms with E-state index < -0.39 is 11.5 Å². The van der Waals surface area contributed by atoms with Crippen molar-refractivity contribution in [3.63, 3.8) is 0 Å². The van der Waals surface area contributed by atoms with Crippen LogP contribution in [0.15, 0.2) is 0 Å². The molecule has 1 aliphatic rings. The average Bonchev–Trinajstić information content (AvgIpc) is 2.81. The molecule has 0 radical (unpaired) electrons. The number of carbonyl (C=O) groups is 2. The molecule has 2 amide bonds. The van der Waals surface area contributed by atoms with Crippen molar-refractivity contribution in [1.82, 2.24) is 15.1 Å². The van der Waals surface area contributed by atoms with E-state index in [2.05, 4.69) is 5.32 Å². The van der Waals surface area contributed by atoms with Crippen molar-refractivity contribution in [3.8, 4) is 0 Å². The maximum Gasteiger partial charge on any atom is 0.317 e. The summed E-state index contributed by atoms with van der Waals surface area (Å²) in [6.45, 7) is 4.20. The Morgan fingerprint density at radius 1 is 1.14 bits per heavy atom. The Bertz CT molecular complexity index is 352. The van der Waals surface area contributed by atoms with Crippen LogP contribution >= 0.6 is 0 Å². The summed E-state index contributed by atoms with van der Waals surface area (Å²) < 4.78 is 0. The molecule has 21 heavy (non-hydrogen) atoms. The van der Waals surface area contributed by atoms with Crippen molar-refractivity contribution in [3.05, 3.63) is 0 Å². The number of nitrogens with one attached hydrogen (secondary N) is 1. The highest BCUT2D eigenvalue weighted by Gasteiger charge is 2.38. The van der Waals surface area contributed by atoms with E-state index in [4.69, 9.17) is 5.11 Å². The molecule has 122 valence electrons. The highest BCUT2D eigenvalue weighted by Crippen LogP contribution is 2.32. The van der Waals surface area contributed by atoms with Crippen molar-refractivity contribution in [2.75, 3.05) is 33.7 Å². The predicted molar refractivity (Wildman–Crippen MR) is 82.4 cm³/mol. The smallest absolute Gasteiger partial charge is 0.317 e. The molecule has 1 aliphatic carbocycles. The quantitative estimate of drug-likeness (QED) is 0.716. The standard InChI is InChI=1S/C15H29N3O3/c1-4-9-18(11-10-17(2)3)14(21)16-15(12-13(19)20)7-5-6-8-15/h4-12H2,1-3H3,(H,16,21)(H,19,20). The van der Waals surface area contributed by atoms with Crippen molar-refractivity contribution in [2.45, 2.75) is 51.0 Å². The first-order chi connectivity index (χ1) is 9.88. The van der Waals surface area contributed by atoms with Crippen molar-refractivity contribution in [1.29, 1.82) is 0 Å². The van der Waals surface area contributed by atoms with Gasteiger partial charge in [0.1, 0.15) is 0 Å². The second kappa shape index (κ2) is 8.22. The van der Waals surface area contributed by atoms with Gasteiger partial charge >= 0.3 is 12.0 Å². The molecular weight excluding hydrogens is 270 g/mol. The van der Waals surface area contributed by atoms with Crippen LogP contribution in [0, 0.1) is 0 Å². The van der Waals surface area contributed by atoms with Crippen LogP contribution in [0.4, 0.5) is 4.79 Å². The van der Waals surface area contributed by atoms with Crippen LogP contribution in [-0.4, -0.2) is 66.2 Å². The van der Waals surface area contributed by atoms with Crippen LogP contribution in [0.2, 0.25) is 0 Å². The van der Waals surface area contributed by atoms with E-state index in [1.54, 1.807) is 4.90 Å². The van der Waals surface area contributed by atoms with E-state index in [0.29, 0.717) is 13.1 Å². The predicted octanol–water partition coefficient (Wildman–Crippen LogP) is 1.76. The maximum atomic E-state index is 12.5. The Labute approximate surface area is 127 Å². The fraction of sp³-hybridized carbons (Fsp3) is 0.867. The van der Waals surface area contributed by atoms with Crippen LogP contribution in [0.5, 0.6) is 0 Å². The maximum absolute atomic E-state index is 12.5. The minimum absolute atomic E-state index is 0.0202. The molecule has 0 saturated heterocycles. The number of amides is 2. The van der Waals surface area contributed by atoms with E-state index >= 15 is 0 Å². The summed E-state index contributed by atoms with van der Waals surface area (Å²) >= 11 is 0. The molecule has 2 N–H and O–H groups in total. The monoisotopic (exact) mass is 299 g/mol. The molecule has 6 heteroatoms. The van der Waals surface area contributed by atoms with Crippen molar-refractivity contribution < 1.29 is 14.7 Å². The van der Waals surface area contributed by atoms with E-state index in [0.717, 1.165) is 38.6 Å². The molecule has 1 fully saturated rings. The number of carbonyl (C=O) groups excluding carboxylic acids is 1. The summed E-state index contributed by atoms with van der Waals surface area (Å²) in [7, 11) is 3.95. The summed E-state index contributed by atoms with van der Waals surface area (Å²) in [5.41, 5.74) is -0.549. The van der Waals surface area contributed by atoms with Gasteiger partial charge in [0, 0.05) is 19.6 Å². The first-order valence-corrected chi connectivity index (χ1v) is 7.82. The zero-order valence-electron chi connectivity index (χ0n) is 13.5. The highest BCUT2D eigenvalue weighted by atomic mass is 16.4. The molecule has 0 bridgehead atoms. The van der Waals surface area contributed by atoms with Crippen LogP contribution in [0.25, 0.3) is 0 Å². The van der Waals surface area contributed by atoms with E-state index in [9.17, 15) is 9.59 Å². The van der Waals surface area contributed by atoms with Gasteiger partial charge in [-0.3, -0.25) is 4.79 Å². The van der Waals surface area contributed by atoms with Crippen LogP contribution in [0.3, 0.4) is 0 Å². The van der Waals surface area contributed by atoms with Crippen LogP contribution in [-0.2, 0) is 4.79 Å². The number of carboxylic acids is 1. The largest absolute Gasteiger partial charge is 0.481 e. The lowest BCUT2D eigenvalue weighted by molar-refractivity contribution is -0.138. The molecule has 0 aromatic rings. The summed E-state index contributed by atoms with van der Waals surface area (Å²) in [5, 5.41) is 12.1. The van der Waals surface area contributed by atoms with Gasteiger partial charge in [-0.25, -0.2) is 4.79 Å². The lowest BCUT2D eigenvalue weighted by Gasteiger charge is -2.33. The number of urea groups is 1. The Kier molecular flexibility index (Phi) is 6.95. The minimum Gasteiger partial charge on any atom is -0.481 e. The Hall–Kier alpha value is -1.30. The Morgan fingerprint density at radius 3 is 2.24 bits per heavy atom. The number of hydrogen-bond donors (Lipinski definition) is 2. The minimum atomic E-state index is -0.840. The number of nitrogens with zero attached hydrogens (tertiary/aromatic N) is 2. The molecule has 0 unspecified atom stereocenters. The lowest BCUT2D eigenvalue weighted by Crippen LogP contribution is -2.54. The van der Waals surface area contributed by atoms with Gasteiger partial charge in [-0.05, 0) is 33.4 Å². The number of hydrogen-bond acceptors (Lipinski definition) is 3. The van der Waals surface area contributed by atoms with E-state index in [1.807, 2.05) is 25.9 Å². The zero-order valence-corrected chi connectivity index (χ0v) is 13.5. The first kappa shape index (κ1) is 17.8. The highest BCUT2D eigenvalue weighted by molar-refractivity contribution is 5.77. The summed E-state index contributed by atoms with van der Waals surface area (Å²) in [6, 6.07) is -0.123. The third kappa shape index (κ3) is 5.91. The summed E-state index contributed by atoms with van der Waals surface area (Å²) in [6.07, 6.45) is 4.41. The van der Waals surface area contributed by atoms with Crippen LogP contribution in [0.1, 0.15) is 45.4 Å². The van der Waals surface area contributed by atoms with Gasteiger partial charge in [0.25, 0.3) is 0 Å². The van der Waals surface area contributed by atoms with Gasteiger partial charge in [-0.1, -0.05) is 19.8 Å². The summed E-state index contributed by atoms with van der Waals surface area (Å²) in [4.78, 5) is 27.4. The van der Waals surface area contributed by atoms with Crippen LogP contribution < -0.4 is 5.32 Å². The number of aliphatic carboxylic acids is 1. The van der Waals surface area contributed by atoms with Gasteiger partial charge < -0.3 is 20.2 Å². The molecule has 1 saturated carbocycles. The molecule has 0 heterocycles. The Balaban J connectivity index is 2.66. The van der Waals surface area contributed by atoms with Gasteiger partial charge in [0.15, 0.2) is 0 Å². The number of likely N-dealkylation sites (N-methyl/N-ethyl adjacent to an activating group) is 1. The second-order valence-corrected chi connectivity index (χ2v) is 6.28. The molecule has 6 nitrogen and oxygen atoms in total. The number of rotatable bonds is 8. The molecule has 0 atom stereocenters. The molecular formula is C15H29N3O3. The molecule has 0 aromatic heterocycles. The van der Waals surface area contributed by atoms with E-state index in [1.165, 1.54) is 0 Å². The van der Waals surface area contributed by atoms with Gasteiger partial charge in [0.05, 0.1) is 12.0 Å². The molecule has 0 aliphatic heterocycles. The topological polar surface area (TPSA) is 72.9 Å². The van der Waals surface area contributed by atoms with Gasteiger partial charge in [-0.15, -0.1) is 0 Å². The normalized spacial score (nSPS) is 17.0. The Morgan fingerprint density at radius 2 is 1.76 bits per heavy atom. The third-order valence-electron chi connectivity index (χ3n) is 4.02. The molecule has 0 spiro atoms. The summed E-state index contributed by atoms with van der Waals surface area (Å²) in [5.74, 6) is -0.840. The van der Waals surface area contributed by atoms with Gasteiger partial charge in [-0.2, -0.15) is 0 Å². The lowest BCUT2D eigenvalue weighted by atomic mass is 9.93. The third-order valence-corrected chi connectivity index (χ3v) is 4.02. The SMILES string of the molecule is CCCN(CCN(C)C)C(=O)NC1(CC(=O)O)CCCC1. The first-order valence-electron chi connectivity index (χ1n) is 7.82. The fourth-order valence-electron chi connectivity index (χ4n) is 2.90. The van der Waals surface area contributed by atoms with E-state index in [-0.39, 0.29) is 12.5 Å². The zero-order chi connectivity index (χ0) is 15.9. The molecule has 1 rings (SSSR count). The second-order valence-electron chi connectivity index (χ2n) is 6.28. The average molecular weight is 299 g/mol.